The van der Waals surface area contributed by atoms with Crippen LogP contribution in [0.2, 0.25) is 0 Å². The van der Waals surface area contributed by atoms with Crippen LogP contribution in [-0.4, -0.2) is 65.5 Å². The Hall–Kier alpha value is -2.13. The van der Waals surface area contributed by atoms with Gasteiger partial charge in [-0.15, -0.1) is 0 Å². The van der Waals surface area contributed by atoms with E-state index in [4.69, 9.17) is 4.74 Å². The second-order valence-electron chi connectivity index (χ2n) is 5.18. The Kier molecular flexibility index (Phi) is 6.16. The van der Waals surface area contributed by atoms with Gasteiger partial charge >= 0.3 is 11.9 Å². The molecule has 1 aliphatic rings. The van der Waals surface area contributed by atoms with Crippen molar-refractivity contribution in [3.05, 3.63) is 29.8 Å². The number of hydrogen-bond acceptors (Lipinski definition) is 8. The number of sulfone groups is 1. The highest BCUT2D eigenvalue weighted by Gasteiger charge is 2.22. The van der Waals surface area contributed by atoms with E-state index >= 15 is 0 Å². The lowest BCUT2D eigenvalue weighted by molar-refractivity contribution is -0.157. The number of hydrogen-bond donors (Lipinski definition) is 0. The van der Waals surface area contributed by atoms with E-state index in [1.54, 1.807) is 24.3 Å². The third-order valence-electron chi connectivity index (χ3n) is 3.47. The minimum Gasteiger partial charge on any atom is -0.450 e. The quantitative estimate of drug-likeness (QED) is 0.527. The summed E-state index contributed by atoms with van der Waals surface area (Å²) >= 11 is 0. The van der Waals surface area contributed by atoms with E-state index in [9.17, 15) is 18.0 Å². The topological polar surface area (TPSA) is 99.2 Å². The third kappa shape index (κ3) is 5.20. The summed E-state index contributed by atoms with van der Waals surface area (Å²) in [7, 11) is -1.56. The summed E-state index contributed by atoms with van der Waals surface area (Å²) in [5, 5.41) is 0. The lowest BCUT2D eigenvalue weighted by Crippen LogP contribution is -2.40. The molecule has 0 unspecified atom stereocenters. The first-order chi connectivity index (χ1) is 11.4. The first kappa shape index (κ1) is 18.2. The fourth-order valence-corrected chi connectivity index (χ4v) is 3.35. The molecular formula is C15H19NO7S. The molecule has 24 heavy (non-hydrogen) atoms. The van der Waals surface area contributed by atoms with Gasteiger partial charge in [0.2, 0.25) is 0 Å². The standard InChI is InChI=1S/C15H19NO7S/c1-21-11-23-14(17)10-22-15(18)12-2-4-13(5-3-12)16-6-8-24(19,20)9-7-16/h2-5H,6-11H2,1H3. The van der Waals surface area contributed by atoms with Crippen LogP contribution in [0.15, 0.2) is 24.3 Å². The van der Waals surface area contributed by atoms with Crippen molar-refractivity contribution in [2.24, 2.45) is 0 Å². The third-order valence-corrected chi connectivity index (χ3v) is 5.08. The lowest BCUT2D eigenvalue weighted by Gasteiger charge is -2.28. The molecule has 0 atom stereocenters. The molecule has 0 N–H and O–H groups in total. The van der Waals surface area contributed by atoms with Crippen molar-refractivity contribution in [3.8, 4) is 0 Å². The molecule has 1 aliphatic heterocycles. The van der Waals surface area contributed by atoms with Gasteiger partial charge in [-0.05, 0) is 24.3 Å². The van der Waals surface area contributed by atoms with Crippen LogP contribution in [-0.2, 0) is 28.8 Å². The van der Waals surface area contributed by atoms with Crippen molar-refractivity contribution in [3.63, 3.8) is 0 Å². The molecule has 1 fully saturated rings. The van der Waals surface area contributed by atoms with Gasteiger partial charge in [-0.2, -0.15) is 0 Å². The highest BCUT2D eigenvalue weighted by atomic mass is 32.2. The summed E-state index contributed by atoms with van der Waals surface area (Å²) in [6.07, 6.45) is 0. The first-order valence-corrected chi connectivity index (χ1v) is 9.10. The zero-order valence-corrected chi connectivity index (χ0v) is 14.1. The summed E-state index contributed by atoms with van der Waals surface area (Å²) in [5.74, 6) is -1.09. The number of carbonyl (C=O) groups excluding carboxylic acids is 2. The summed E-state index contributed by atoms with van der Waals surface area (Å²) in [5.41, 5.74) is 1.13. The summed E-state index contributed by atoms with van der Waals surface area (Å²) < 4.78 is 36.9. The summed E-state index contributed by atoms with van der Waals surface area (Å²) in [4.78, 5) is 25.0. The molecule has 132 valence electrons. The average Bonchev–Trinajstić information content (AvgIpc) is 2.58. The van der Waals surface area contributed by atoms with E-state index in [0.29, 0.717) is 18.7 Å². The second-order valence-corrected chi connectivity index (χ2v) is 7.49. The van der Waals surface area contributed by atoms with Gasteiger partial charge in [-0.3, -0.25) is 0 Å². The number of carbonyl (C=O) groups is 2. The van der Waals surface area contributed by atoms with Crippen LogP contribution in [0.5, 0.6) is 0 Å². The molecule has 9 heteroatoms. The normalized spacial score (nSPS) is 16.5. The molecule has 2 rings (SSSR count). The van der Waals surface area contributed by atoms with Crippen molar-refractivity contribution in [2.45, 2.75) is 0 Å². The molecule has 0 aliphatic carbocycles. The smallest absolute Gasteiger partial charge is 0.346 e. The van der Waals surface area contributed by atoms with Crippen molar-refractivity contribution in [2.75, 3.05) is 50.0 Å². The summed E-state index contributed by atoms with van der Waals surface area (Å²) in [6.45, 7) is 0.166. The SMILES string of the molecule is COCOC(=O)COC(=O)c1ccc(N2CCS(=O)(=O)CC2)cc1. The number of esters is 2. The molecule has 8 nitrogen and oxygen atoms in total. The van der Waals surface area contributed by atoms with Gasteiger partial charge in [0.15, 0.2) is 23.2 Å². The molecular weight excluding hydrogens is 338 g/mol. The van der Waals surface area contributed by atoms with Crippen molar-refractivity contribution in [1.29, 1.82) is 0 Å². The number of benzene rings is 1. The monoisotopic (exact) mass is 357 g/mol. The number of anilines is 1. The van der Waals surface area contributed by atoms with E-state index in [0.717, 1.165) is 5.69 Å². The molecule has 0 saturated carbocycles. The predicted molar refractivity (Wildman–Crippen MR) is 85.6 cm³/mol. The fraction of sp³-hybridized carbons (Fsp3) is 0.467. The highest BCUT2D eigenvalue weighted by Crippen LogP contribution is 2.18. The number of nitrogens with zero attached hydrogens (tertiary/aromatic N) is 1. The van der Waals surface area contributed by atoms with E-state index in [2.05, 4.69) is 9.47 Å². The minimum atomic E-state index is -2.94. The van der Waals surface area contributed by atoms with Gasteiger partial charge in [-0.1, -0.05) is 0 Å². The molecule has 1 aromatic carbocycles. The van der Waals surface area contributed by atoms with Crippen LogP contribution in [0.1, 0.15) is 10.4 Å². The molecule has 1 aromatic rings. The van der Waals surface area contributed by atoms with Gasteiger partial charge in [0.25, 0.3) is 0 Å². The Labute approximate surface area is 140 Å². The lowest BCUT2D eigenvalue weighted by atomic mass is 10.2. The zero-order valence-electron chi connectivity index (χ0n) is 13.3. The molecule has 0 bridgehead atoms. The summed E-state index contributed by atoms with van der Waals surface area (Å²) in [6, 6.07) is 6.58. The number of methoxy groups -OCH3 is 1. The molecule has 0 spiro atoms. The Morgan fingerprint density at radius 3 is 2.29 bits per heavy atom. The fourth-order valence-electron chi connectivity index (χ4n) is 2.15. The second kappa shape index (κ2) is 8.11. The van der Waals surface area contributed by atoms with Gasteiger partial charge in [0.05, 0.1) is 17.1 Å². The molecule has 0 aromatic heterocycles. The van der Waals surface area contributed by atoms with Crippen LogP contribution in [0, 0.1) is 0 Å². The Morgan fingerprint density at radius 2 is 1.71 bits per heavy atom. The van der Waals surface area contributed by atoms with Gasteiger partial charge in [0.1, 0.15) is 0 Å². The van der Waals surface area contributed by atoms with Crippen LogP contribution in [0.4, 0.5) is 5.69 Å². The first-order valence-electron chi connectivity index (χ1n) is 7.28. The van der Waals surface area contributed by atoms with E-state index in [1.807, 2.05) is 4.90 Å². The van der Waals surface area contributed by atoms with Crippen LogP contribution >= 0.6 is 0 Å². The van der Waals surface area contributed by atoms with Crippen LogP contribution in [0.3, 0.4) is 0 Å². The maximum Gasteiger partial charge on any atom is 0.346 e. The number of ether oxygens (including phenoxy) is 3. The maximum atomic E-state index is 11.8. The van der Waals surface area contributed by atoms with Crippen LogP contribution in [0.25, 0.3) is 0 Å². The molecule has 1 saturated heterocycles. The highest BCUT2D eigenvalue weighted by molar-refractivity contribution is 7.91. The van der Waals surface area contributed by atoms with Crippen molar-refractivity contribution < 1.29 is 32.2 Å². The van der Waals surface area contributed by atoms with Gasteiger partial charge < -0.3 is 19.1 Å². The Morgan fingerprint density at radius 1 is 1.08 bits per heavy atom. The molecule has 0 radical (unpaired) electrons. The van der Waals surface area contributed by atoms with E-state index < -0.39 is 28.4 Å². The van der Waals surface area contributed by atoms with Crippen molar-refractivity contribution >= 4 is 27.5 Å². The average molecular weight is 357 g/mol. The molecule has 1 heterocycles. The Balaban J connectivity index is 1.87. The number of rotatable bonds is 6. The van der Waals surface area contributed by atoms with Crippen LogP contribution < -0.4 is 4.90 Å². The molecule has 0 amide bonds. The van der Waals surface area contributed by atoms with E-state index in [-0.39, 0.29) is 18.3 Å². The van der Waals surface area contributed by atoms with Gasteiger partial charge in [-0.25, -0.2) is 18.0 Å². The minimum absolute atomic E-state index is 0.125. The zero-order chi connectivity index (χ0) is 17.6. The van der Waals surface area contributed by atoms with Crippen molar-refractivity contribution in [1.82, 2.24) is 0 Å². The Bertz CT molecular complexity index is 670. The van der Waals surface area contributed by atoms with E-state index in [1.165, 1.54) is 7.11 Å². The van der Waals surface area contributed by atoms with Gasteiger partial charge in [0, 0.05) is 25.9 Å². The predicted octanol–water partition coefficient (Wildman–Crippen LogP) is 0.225. The largest absolute Gasteiger partial charge is 0.450 e. The maximum absolute atomic E-state index is 11.8.